The second kappa shape index (κ2) is 8.31. The molecule has 0 aliphatic heterocycles. The summed E-state index contributed by atoms with van der Waals surface area (Å²) >= 11 is 0. The molecule has 1 aliphatic carbocycles. The number of hydrogen-bond acceptors (Lipinski definition) is 2. The van der Waals surface area contributed by atoms with Gasteiger partial charge in [-0.15, -0.1) is 0 Å². The van der Waals surface area contributed by atoms with E-state index in [9.17, 15) is 0 Å². The fourth-order valence-corrected chi connectivity index (χ4v) is 3.33. The third-order valence-electron chi connectivity index (χ3n) is 4.37. The molecule has 1 saturated carbocycles. The van der Waals surface area contributed by atoms with Crippen molar-refractivity contribution in [2.45, 2.75) is 64.3 Å². The first-order valence-electron chi connectivity index (χ1n) is 8.03. The van der Waals surface area contributed by atoms with Crippen LogP contribution in [0.25, 0.3) is 0 Å². The van der Waals surface area contributed by atoms with Crippen LogP contribution >= 0.6 is 0 Å². The Morgan fingerprint density at radius 2 is 2.00 bits per heavy atom. The Balaban J connectivity index is 1.87. The van der Waals surface area contributed by atoms with E-state index in [0.717, 1.165) is 18.9 Å². The molecule has 2 nitrogen and oxygen atoms in total. The van der Waals surface area contributed by atoms with Crippen molar-refractivity contribution in [2.24, 2.45) is 5.92 Å². The lowest BCUT2D eigenvalue weighted by Gasteiger charge is -2.27. The molecule has 1 fully saturated rings. The van der Waals surface area contributed by atoms with E-state index in [1.807, 2.05) is 12.3 Å². The van der Waals surface area contributed by atoms with Crippen molar-refractivity contribution in [2.75, 3.05) is 6.54 Å². The van der Waals surface area contributed by atoms with Crippen LogP contribution in [0.5, 0.6) is 0 Å². The first-order valence-corrected chi connectivity index (χ1v) is 8.03. The van der Waals surface area contributed by atoms with Gasteiger partial charge in [-0.3, -0.25) is 4.98 Å². The maximum atomic E-state index is 4.45. The zero-order valence-corrected chi connectivity index (χ0v) is 12.3. The summed E-state index contributed by atoms with van der Waals surface area (Å²) in [5.74, 6) is 0.881. The third-order valence-corrected chi connectivity index (χ3v) is 4.37. The molecule has 1 aliphatic rings. The van der Waals surface area contributed by atoms with Gasteiger partial charge in [0.2, 0.25) is 0 Å². The lowest BCUT2D eigenvalue weighted by molar-refractivity contribution is 0.308. The van der Waals surface area contributed by atoms with Crippen LogP contribution in [0.1, 0.15) is 57.6 Å². The fourth-order valence-electron chi connectivity index (χ4n) is 3.33. The molecule has 1 heterocycles. The molecule has 1 aromatic rings. The van der Waals surface area contributed by atoms with E-state index in [2.05, 4.69) is 29.4 Å². The quantitative estimate of drug-likeness (QED) is 0.783. The molecule has 0 amide bonds. The zero-order valence-electron chi connectivity index (χ0n) is 12.3. The highest BCUT2D eigenvalue weighted by Crippen LogP contribution is 2.27. The zero-order chi connectivity index (χ0) is 13.3. The molecular formula is C17H28N2. The van der Waals surface area contributed by atoms with Crippen LogP contribution in [0.15, 0.2) is 24.4 Å². The van der Waals surface area contributed by atoms with Gasteiger partial charge in [0.25, 0.3) is 0 Å². The van der Waals surface area contributed by atoms with Crippen molar-refractivity contribution < 1.29 is 0 Å². The average molecular weight is 260 g/mol. The topological polar surface area (TPSA) is 24.9 Å². The number of aryl methyl sites for hydroxylation is 1. The largest absolute Gasteiger partial charge is 0.314 e. The number of hydrogen-bond donors (Lipinski definition) is 1. The Labute approximate surface area is 118 Å². The summed E-state index contributed by atoms with van der Waals surface area (Å²) in [6, 6.07) is 6.92. The molecule has 1 unspecified atom stereocenters. The second-order valence-electron chi connectivity index (χ2n) is 5.78. The standard InChI is InChI=1S/C17H28N2/c1-2-18-17(15-9-5-3-4-6-10-15)13-12-16-11-7-8-14-19-16/h7-8,11,14-15,17-18H,2-6,9-10,12-13H2,1H3. The molecular weight excluding hydrogens is 232 g/mol. The SMILES string of the molecule is CCNC(CCc1ccccn1)C1CCCCCC1. The molecule has 1 N–H and O–H groups in total. The van der Waals surface area contributed by atoms with Gasteiger partial charge in [0.05, 0.1) is 0 Å². The normalized spacial score (nSPS) is 19.0. The van der Waals surface area contributed by atoms with Crippen molar-refractivity contribution >= 4 is 0 Å². The fraction of sp³-hybridized carbons (Fsp3) is 0.706. The van der Waals surface area contributed by atoms with Gasteiger partial charge in [-0.25, -0.2) is 0 Å². The van der Waals surface area contributed by atoms with Gasteiger partial charge < -0.3 is 5.32 Å². The molecule has 0 bridgehead atoms. The predicted molar refractivity (Wildman–Crippen MR) is 81.2 cm³/mol. The van der Waals surface area contributed by atoms with E-state index in [1.54, 1.807) is 0 Å². The third kappa shape index (κ3) is 4.94. The minimum absolute atomic E-state index is 0.685. The summed E-state index contributed by atoms with van der Waals surface area (Å²) in [6.45, 7) is 3.31. The predicted octanol–water partition coefficient (Wildman–Crippen LogP) is 3.96. The lowest BCUT2D eigenvalue weighted by Crippen LogP contribution is -2.36. The Kier molecular flexibility index (Phi) is 6.35. The second-order valence-corrected chi connectivity index (χ2v) is 5.78. The monoisotopic (exact) mass is 260 g/mol. The van der Waals surface area contributed by atoms with Gasteiger partial charge in [0.1, 0.15) is 0 Å². The van der Waals surface area contributed by atoms with Crippen molar-refractivity contribution in [3.8, 4) is 0 Å². The first kappa shape index (κ1) is 14.5. The maximum absolute atomic E-state index is 4.45. The molecule has 2 rings (SSSR count). The van der Waals surface area contributed by atoms with Crippen molar-refractivity contribution in [1.29, 1.82) is 0 Å². The molecule has 1 aromatic heterocycles. The van der Waals surface area contributed by atoms with E-state index in [-0.39, 0.29) is 0 Å². The summed E-state index contributed by atoms with van der Waals surface area (Å²) in [7, 11) is 0. The lowest BCUT2D eigenvalue weighted by atomic mass is 9.88. The Morgan fingerprint density at radius 1 is 1.21 bits per heavy atom. The summed E-state index contributed by atoms with van der Waals surface area (Å²) in [6.07, 6.45) is 12.8. The number of pyridine rings is 1. The Hall–Kier alpha value is -0.890. The summed E-state index contributed by atoms with van der Waals surface area (Å²) in [5.41, 5.74) is 1.24. The summed E-state index contributed by atoms with van der Waals surface area (Å²) < 4.78 is 0. The van der Waals surface area contributed by atoms with Crippen LogP contribution in [-0.4, -0.2) is 17.6 Å². The minimum Gasteiger partial charge on any atom is -0.314 e. The van der Waals surface area contributed by atoms with Gasteiger partial charge in [0.15, 0.2) is 0 Å². The van der Waals surface area contributed by atoms with Gasteiger partial charge in [-0.1, -0.05) is 38.7 Å². The smallest absolute Gasteiger partial charge is 0.0404 e. The Morgan fingerprint density at radius 3 is 2.63 bits per heavy atom. The highest BCUT2D eigenvalue weighted by Gasteiger charge is 2.21. The average Bonchev–Trinajstić information content (AvgIpc) is 2.73. The molecule has 0 spiro atoms. The number of nitrogens with zero attached hydrogens (tertiary/aromatic N) is 1. The maximum Gasteiger partial charge on any atom is 0.0404 e. The van der Waals surface area contributed by atoms with E-state index in [4.69, 9.17) is 0 Å². The van der Waals surface area contributed by atoms with Gasteiger partial charge >= 0.3 is 0 Å². The van der Waals surface area contributed by atoms with Gasteiger partial charge in [-0.05, 0) is 50.3 Å². The molecule has 106 valence electrons. The summed E-state index contributed by atoms with van der Waals surface area (Å²) in [4.78, 5) is 4.45. The van der Waals surface area contributed by atoms with E-state index < -0.39 is 0 Å². The van der Waals surface area contributed by atoms with Gasteiger partial charge in [-0.2, -0.15) is 0 Å². The molecule has 1 atom stereocenters. The van der Waals surface area contributed by atoms with E-state index in [0.29, 0.717) is 6.04 Å². The molecule has 2 heteroatoms. The van der Waals surface area contributed by atoms with Crippen molar-refractivity contribution in [3.05, 3.63) is 30.1 Å². The van der Waals surface area contributed by atoms with Crippen molar-refractivity contribution in [1.82, 2.24) is 10.3 Å². The van der Waals surface area contributed by atoms with Crippen LogP contribution in [0.4, 0.5) is 0 Å². The molecule has 0 radical (unpaired) electrons. The van der Waals surface area contributed by atoms with Crippen LogP contribution < -0.4 is 5.32 Å². The van der Waals surface area contributed by atoms with Crippen LogP contribution in [0.2, 0.25) is 0 Å². The highest BCUT2D eigenvalue weighted by atomic mass is 14.9. The number of aromatic nitrogens is 1. The molecule has 0 saturated heterocycles. The molecule has 19 heavy (non-hydrogen) atoms. The van der Waals surface area contributed by atoms with E-state index in [1.165, 1.54) is 50.6 Å². The first-order chi connectivity index (χ1) is 9.40. The van der Waals surface area contributed by atoms with Crippen molar-refractivity contribution in [3.63, 3.8) is 0 Å². The summed E-state index contributed by atoms with van der Waals surface area (Å²) in [5, 5.41) is 3.72. The molecule has 0 aromatic carbocycles. The van der Waals surface area contributed by atoms with Crippen LogP contribution in [-0.2, 0) is 6.42 Å². The number of nitrogens with one attached hydrogen (secondary N) is 1. The number of rotatable bonds is 6. The highest BCUT2D eigenvalue weighted by molar-refractivity contribution is 5.04. The Bertz CT molecular complexity index is 328. The van der Waals surface area contributed by atoms with Crippen LogP contribution in [0.3, 0.4) is 0 Å². The van der Waals surface area contributed by atoms with E-state index >= 15 is 0 Å². The van der Waals surface area contributed by atoms with Crippen LogP contribution in [0, 0.1) is 5.92 Å². The van der Waals surface area contributed by atoms with Gasteiger partial charge in [0, 0.05) is 17.9 Å². The minimum atomic E-state index is 0.685.